The van der Waals surface area contributed by atoms with Gasteiger partial charge in [0, 0.05) is 30.8 Å². The Bertz CT molecular complexity index is 725. The minimum absolute atomic E-state index is 0.0328. The highest BCUT2D eigenvalue weighted by Crippen LogP contribution is 2.27. The lowest BCUT2D eigenvalue weighted by molar-refractivity contribution is 0.0143. The van der Waals surface area contributed by atoms with Crippen molar-refractivity contribution >= 4 is 0 Å². The van der Waals surface area contributed by atoms with E-state index in [4.69, 9.17) is 9.84 Å². The average molecular weight is 314 g/mol. The Morgan fingerprint density at radius 2 is 2.13 bits per heavy atom. The molecule has 122 valence electrons. The molecule has 2 aromatic rings. The van der Waals surface area contributed by atoms with Crippen LogP contribution in [-0.2, 0) is 24.3 Å². The molecule has 5 nitrogen and oxygen atoms in total. The van der Waals surface area contributed by atoms with Crippen LogP contribution >= 0.6 is 0 Å². The molecule has 0 saturated carbocycles. The first-order valence-electron chi connectivity index (χ1n) is 8.07. The fourth-order valence-electron chi connectivity index (χ4n) is 3.08. The summed E-state index contributed by atoms with van der Waals surface area (Å²) in [6.45, 7) is 2.98. The summed E-state index contributed by atoms with van der Waals surface area (Å²) in [5, 5.41) is 9.13. The summed E-state index contributed by atoms with van der Waals surface area (Å²) in [5.41, 5.74) is 2.39. The number of aliphatic hydroxyl groups excluding tert-OH is 1. The smallest absolute Gasteiger partial charge is 0.257 e. The first-order chi connectivity index (χ1) is 11.2. The summed E-state index contributed by atoms with van der Waals surface area (Å²) < 4.78 is 7.75. The predicted octanol–water partition coefficient (Wildman–Crippen LogP) is 2.14. The Morgan fingerprint density at radius 1 is 1.35 bits per heavy atom. The molecule has 0 radical (unpaired) electrons. The van der Waals surface area contributed by atoms with E-state index in [1.54, 1.807) is 4.57 Å². The number of nitrogens with zero attached hydrogens (tertiary/aromatic N) is 2. The van der Waals surface area contributed by atoms with Gasteiger partial charge in [0.15, 0.2) is 0 Å². The van der Waals surface area contributed by atoms with Crippen molar-refractivity contribution in [2.45, 2.75) is 45.4 Å². The van der Waals surface area contributed by atoms with Gasteiger partial charge in [-0.15, -0.1) is 0 Å². The molecule has 1 aliphatic heterocycles. The van der Waals surface area contributed by atoms with E-state index in [9.17, 15) is 4.79 Å². The Hall–Kier alpha value is -1.98. The molecule has 0 bridgehead atoms. The standard InChI is InChI=1S/C18H22N2O3/c1-13-15(9-11-21)18(22)20-10-5-8-16(17(20)19-13)23-12-14-6-3-2-4-7-14/h2-4,6-7,16,21H,5,8-12H2,1H3. The topological polar surface area (TPSA) is 64.4 Å². The van der Waals surface area contributed by atoms with E-state index in [0.717, 1.165) is 24.2 Å². The van der Waals surface area contributed by atoms with E-state index in [0.29, 0.717) is 30.8 Å². The molecule has 1 N–H and O–H groups in total. The van der Waals surface area contributed by atoms with Crippen molar-refractivity contribution in [2.75, 3.05) is 6.61 Å². The van der Waals surface area contributed by atoms with E-state index < -0.39 is 0 Å². The highest BCUT2D eigenvalue weighted by Gasteiger charge is 2.25. The summed E-state index contributed by atoms with van der Waals surface area (Å²) in [7, 11) is 0. The molecule has 23 heavy (non-hydrogen) atoms. The summed E-state index contributed by atoms with van der Waals surface area (Å²) in [6.07, 6.45) is 1.97. The first-order valence-corrected chi connectivity index (χ1v) is 8.07. The van der Waals surface area contributed by atoms with Gasteiger partial charge in [0.05, 0.1) is 6.61 Å². The minimum atomic E-state index is -0.154. The van der Waals surface area contributed by atoms with Gasteiger partial charge in [-0.25, -0.2) is 4.98 Å². The summed E-state index contributed by atoms with van der Waals surface area (Å²) in [5.74, 6) is 0.719. The number of aliphatic hydroxyl groups is 1. The molecule has 1 aromatic carbocycles. The van der Waals surface area contributed by atoms with Crippen LogP contribution in [0, 0.1) is 6.92 Å². The predicted molar refractivity (Wildman–Crippen MR) is 87.2 cm³/mol. The van der Waals surface area contributed by atoms with Crippen LogP contribution in [0.15, 0.2) is 35.1 Å². The molecule has 0 spiro atoms. The monoisotopic (exact) mass is 314 g/mol. The number of aromatic nitrogens is 2. The highest BCUT2D eigenvalue weighted by atomic mass is 16.5. The van der Waals surface area contributed by atoms with Gasteiger partial charge in [0.2, 0.25) is 0 Å². The lowest BCUT2D eigenvalue weighted by Crippen LogP contribution is -2.34. The van der Waals surface area contributed by atoms with Gasteiger partial charge in [-0.05, 0) is 25.3 Å². The van der Waals surface area contributed by atoms with Crippen molar-refractivity contribution < 1.29 is 9.84 Å². The van der Waals surface area contributed by atoms with Gasteiger partial charge in [0.25, 0.3) is 5.56 Å². The van der Waals surface area contributed by atoms with Crippen molar-refractivity contribution in [3.8, 4) is 0 Å². The van der Waals surface area contributed by atoms with Crippen LogP contribution < -0.4 is 5.56 Å². The van der Waals surface area contributed by atoms with Gasteiger partial charge in [0.1, 0.15) is 11.9 Å². The van der Waals surface area contributed by atoms with Crippen molar-refractivity contribution in [3.05, 3.63) is 63.3 Å². The number of hydrogen-bond donors (Lipinski definition) is 1. The molecule has 1 unspecified atom stereocenters. The fraction of sp³-hybridized carbons (Fsp3) is 0.444. The maximum absolute atomic E-state index is 12.6. The molecule has 1 aromatic heterocycles. The average Bonchev–Trinajstić information content (AvgIpc) is 2.58. The molecule has 2 heterocycles. The Morgan fingerprint density at radius 3 is 2.87 bits per heavy atom. The van der Waals surface area contributed by atoms with Crippen LogP contribution in [0.2, 0.25) is 0 Å². The van der Waals surface area contributed by atoms with Crippen LogP contribution in [0.4, 0.5) is 0 Å². The third kappa shape index (κ3) is 3.35. The maximum atomic E-state index is 12.6. The zero-order valence-corrected chi connectivity index (χ0v) is 13.4. The van der Waals surface area contributed by atoms with Crippen LogP contribution in [0.1, 0.15) is 41.6 Å². The summed E-state index contributed by atoms with van der Waals surface area (Å²) in [4.78, 5) is 17.2. The van der Waals surface area contributed by atoms with Crippen molar-refractivity contribution in [1.29, 1.82) is 0 Å². The third-order valence-corrected chi connectivity index (χ3v) is 4.29. The first kappa shape index (κ1) is 15.9. The molecule has 0 saturated heterocycles. The normalized spacial score (nSPS) is 17.0. The summed E-state index contributed by atoms with van der Waals surface area (Å²) in [6, 6.07) is 10.0. The molecule has 0 fully saturated rings. The fourth-order valence-corrected chi connectivity index (χ4v) is 3.08. The number of ether oxygens (including phenoxy) is 1. The lowest BCUT2D eigenvalue weighted by atomic mass is 10.1. The van der Waals surface area contributed by atoms with E-state index in [2.05, 4.69) is 4.98 Å². The molecule has 3 rings (SSSR count). The third-order valence-electron chi connectivity index (χ3n) is 4.29. The highest BCUT2D eigenvalue weighted by molar-refractivity contribution is 5.20. The van der Waals surface area contributed by atoms with E-state index in [-0.39, 0.29) is 18.3 Å². The second-order valence-electron chi connectivity index (χ2n) is 5.89. The maximum Gasteiger partial charge on any atom is 0.257 e. The van der Waals surface area contributed by atoms with E-state index >= 15 is 0 Å². The molecule has 0 amide bonds. The van der Waals surface area contributed by atoms with Crippen molar-refractivity contribution in [3.63, 3.8) is 0 Å². The van der Waals surface area contributed by atoms with Gasteiger partial charge in [-0.3, -0.25) is 9.36 Å². The molecular formula is C18H22N2O3. The zero-order valence-electron chi connectivity index (χ0n) is 13.4. The molecule has 5 heteroatoms. The van der Waals surface area contributed by atoms with E-state index in [1.807, 2.05) is 37.3 Å². The van der Waals surface area contributed by atoms with Crippen LogP contribution in [0.25, 0.3) is 0 Å². The second kappa shape index (κ2) is 7.06. The Balaban J connectivity index is 1.86. The Kier molecular flexibility index (Phi) is 4.88. The van der Waals surface area contributed by atoms with Gasteiger partial charge in [-0.2, -0.15) is 0 Å². The SMILES string of the molecule is Cc1nc2n(c(=O)c1CCO)CCCC2OCc1ccccc1. The van der Waals surface area contributed by atoms with Crippen molar-refractivity contribution in [1.82, 2.24) is 9.55 Å². The lowest BCUT2D eigenvalue weighted by Gasteiger charge is -2.27. The number of fused-ring (bicyclic) bond motifs is 1. The van der Waals surface area contributed by atoms with Crippen LogP contribution in [0.3, 0.4) is 0 Å². The molecule has 1 atom stereocenters. The summed E-state index contributed by atoms with van der Waals surface area (Å²) >= 11 is 0. The molecule has 1 aliphatic rings. The van der Waals surface area contributed by atoms with Gasteiger partial charge < -0.3 is 9.84 Å². The van der Waals surface area contributed by atoms with Crippen LogP contribution in [-0.4, -0.2) is 21.3 Å². The van der Waals surface area contributed by atoms with Gasteiger partial charge in [-0.1, -0.05) is 30.3 Å². The second-order valence-corrected chi connectivity index (χ2v) is 5.89. The number of benzene rings is 1. The van der Waals surface area contributed by atoms with Crippen LogP contribution in [0.5, 0.6) is 0 Å². The number of rotatable bonds is 5. The zero-order chi connectivity index (χ0) is 16.2. The Labute approximate surface area is 135 Å². The minimum Gasteiger partial charge on any atom is -0.396 e. The van der Waals surface area contributed by atoms with E-state index in [1.165, 1.54) is 0 Å². The molecular weight excluding hydrogens is 292 g/mol. The molecule has 0 aliphatic carbocycles. The van der Waals surface area contributed by atoms with Gasteiger partial charge >= 0.3 is 0 Å². The van der Waals surface area contributed by atoms with Crippen molar-refractivity contribution in [2.24, 2.45) is 0 Å². The number of aryl methyl sites for hydroxylation is 1. The number of hydrogen-bond acceptors (Lipinski definition) is 4. The largest absolute Gasteiger partial charge is 0.396 e. The quantitative estimate of drug-likeness (QED) is 0.918.